The molecular formula is C21H26N2O2. The highest BCUT2D eigenvalue weighted by atomic mass is 16.3. The molecule has 2 aromatic carbocycles. The molecule has 1 aliphatic rings. The average Bonchev–Trinajstić information content (AvgIpc) is 2.58. The summed E-state index contributed by atoms with van der Waals surface area (Å²) in [5.41, 5.74) is 4.00. The van der Waals surface area contributed by atoms with Crippen molar-refractivity contribution in [3.63, 3.8) is 0 Å². The van der Waals surface area contributed by atoms with Crippen LogP contribution in [0.3, 0.4) is 0 Å². The Labute approximate surface area is 148 Å². The van der Waals surface area contributed by atoms with E-state index in [0.29, 0.717) is 17.8 Å². The Bertz CT molecular complexity index is 811. The smallest absolute Gasteiger partial charge is 0.275 e. The van der Waals surface area contributed by atoms with Crippen LogP contribution in [0.15, 0.2) is 41.5 Å². The molecule has 3 rings (SSSR count). The third kappa shape index (κ3) is 3.84. The molecule has 0 unspecified atom stereocenters. The van der Waals surface area contributed by atoms with Crippen molar-refractivity contribution < 1.29 is 9.90 Å². The van der Waals surface area contributed by atoms with Gasteiger partial charge in [0.25, 0.3) is 5.91 Å². The van der Waals surface area contributed by atoms with Crippen LogP contribution < -0.4 is 5.43 Å². The molecule has 4 nitrogen and oxygen atoms in total. The number of hydrazone groups is 1. The van der Waals surface area contributed by atoms with E-state index in [9.17, 15) is 9.90 Å². The molecule has 0 saturated heterocycles. The number of benzene rings is 2. The van der Waals surface area contributed by atoms with Crippen LogP contribution in [0, 0.1) is 17.8 Å². The summed E-state index contributed by atoms with van der Waals surface area (Å²) in [6.07, 6.45) is 3.25. The van der Waals surface area contributed by atoms with Crippen LogP contribution in [0.5, 0.6) is 5.75 Å². The number of aromatic hydroxyl groups is 1. The summed E-state index contributed by atoms with van der Waals surface area (Å²) in [6.45, 7) is 6.63. The van der Waals surface area contributed by atoms with Gasteiger partial charge in [-0.05, 0) is 54.0 Å². The molecule has 1 aliphatic carbocycles. The fourth-order valence-electron chi connectivity index (χ4n) is 3.68. The number of amides is 1. The van der Waals surface area contributed by atoms with Crippen molar-refractivity contribution in [2.24, 2.45) is 22.9 Å². The SMILES string of the molecule is CC(C)[C@@H]1CC[C@@H](C)C/C1=N/NC(=O)c1cc2ccccc2cc1O. The van der Waals surface area contributed by atoms with Crippen LogP contribution >= 0.6 is 0 Å². The van der Waals surface area contributed by atoms with E-state index in [1.807, 2.05) is 24.3 Å². The van der Waals surface area contributed by atoms with E-state index >= 15 is 0 Å². The number of rotatable bonds is 3. The normalized spacial score (nSPS) is 22.5. The average molecular weight is 338 g/mol. The van der Waals surface area contributed by atoms with E-state index < -0.39 is 0 Å². The Morgan fingerprint density at radius 3 is 2.56 bits per heavy atom. The highest BCUT2D eigenvalue weighted by Crippen LogP contribution is 2.31. The number of carbonyl (C=O) groups is 1. The van der Waals surface area contributed by atoms with Crippen LogP contribution in [0.4, 0.5) is 0 Å². The maximum atomic E-state index is 12.5. The van der Waals surface area contributed by atoms with Crippen LogP contribution in [-0.2, 0) is 0 Å². The summed E-state index contributed by atoms with van der Waals surface area (Å²) in [5, 5.41) is 16.5. The van der Waals surface area contributed by atoms with Crippen molar-refractivity contribution in [2.75, 3.05) is 0 Å². The quantitative estimate of drug-likeness (QED) is 0.795. The molecule has 1 fully saturated rings. The fraction of sp³-hybridized carbons (Fsp3) is 0.429. The molecule has 25 heavy (non-hydrogen) atoms. The number of carbonyl (C=O) groups excluding carboxylic acids is 1. The molecular weight excluding hydrogens is 312 g/mol. The van der Waals surface area contributed by atoms with Crippen LogP contribution in [0.1, 0.15) is 50.4 Å². The van der Waals surface area contributed by atoms with Gasteiger partial charge in [-0.1, -0.05) is 45.0 Å². The van der Waals surface area contributed by atoms with Gasteiger partial charge in [0.2, 0.25) is 0 Å². The largest absolute Gasteiger partial charge is 0.507 e. The second-order valence-corrected chi connectivity index (χ2v) is 7.50. The lowest BCUT2D eigenvalue weighted by atomic mass is 9.76. The molecule has 0 heterocycles. The van der Waals surface area contributed by atoms with Crippen molar-refractivity contribution in [1.82, 2.24) is 5.43 Å². The zero-order chi connectivity index (χ0) is 18.0. The first-order valence-electron chi connectivity index (χ1n) is 9.04. The van der Waals surface area contributed by atoms with Crippen LogP contribution in [0.2, 0.25) is 0 Å². The maximum Gasteiger partial charge on any atom is 0.275 e. The number of hydrogen-bond donors (Lipinski definition) is 2. The first-order chi connectivity index (χ1) is 12.0. The standard InChI is InChI=1S/C21H26N2O2/c1-13(2)17-9-8-14(3)10-19(17)22-23-21(25)18-11-15-6-4-5-7-16(15)12-20(18)24/h4-7,11-14,17,24H,8-10H2,1-3H3,(H,23,25)/b22-19-/t14-,17+/m1/s1. The van der Waals surface area contributed by atoms with Gasteiger partial charge in [0.15, 0.2) is 0 Å². The number of fused-ring (bicyclic) bond motifs is 1. The van der Waals surface area contributed by atoms with E-state index in [2.05, 4.69) is 31.3 Å². The number of phenolic OH excluding ortho intramolecular Hbond substituents is 1. The van der Waals surface area contributed by atoms with E-state index in [1.165, 1.54) is 6.42 Å². The highest BCUT2D eigenvalue weighted by molar-refractivity contribution is 6.02. The minimum atomic E-state index is -0.364. The topological polar surface area (TPSA) is 61.7 Å². The summed E-state index contributed by atoms with van der Waals surface area (Å²) in [5.74, 6) is 1.14. The predicted molar refractivity (Wildman–Crippen MR) is 102 cm³/mol. The highest BCUT2D eigenvalue weighted by Gasteiger charge is 2.27. The molecule has 132 valence electrons. The zero-order valence-corrected chi connectivity index (χ0v) is 15.1. The first-order valence-corrected chi connectivity index (χ1v) is 9.04. The molecule has 0 radical (unpaired) electrons. The summed E-state index contributed by atoms with van der Waals surface area (Å²) in [6, 6.07) is 11.0. The van der Waals surface area contributed by atoms with Gasteiger partial charge in [-0.25, -0.2) is 5.43 Å². The molecule has 2 atom stereocenters. The molecule has 0 spiro atoms. The van der Waals surface area contributed by atoms with Crippen molar-refractivity contribution in [3.05, 3.63) is 42.0 Å². The van der Waals surface area contributed by atoms with Crippen molar-refractivity contribution in [1.29, 1.82) is 0 Å². The third-order valence-corrected chi connectivity index (χ3v) is 5.17. The van der Waals surface area contributed by atoms with Crippen LogP contribution in [0.25, 0.3) is 10.8 Å². The Hall–Kier alpha value is -2.36. The van der Waals surface area contributed by atoms with Gasteiger partial charge in [-0.2, -0.15) is 5.10 Å². The van der Waals surface area contributed by atoms with Gasteiger partial charge in [0.05, 0.1) is 5.56 Å². The number of hydrogen-bond acceptors (Lipinski definition) is 3. The molecule has 0 aliphatic heterocycles. The lowest BCUT2D eigenvalue weighted by Gasteiger charge is -2.30. The monoisotopic (exact) mass is 338 g/mol. The Kier molecular flexibility index (Phi) is 5.07. The minimum absolute atomic E-state index is 0.0196. The molecule has 1 saturated carbocycles. The second kappa shape index (κ2) is 7.26. The summed E-state index contributed by atoms with van der Waals surface area (Å²) >= 11 is 0. The summed E-state index contributed by atoms with van der Waals surface area (Å²) < 4.78 is 0. The molecule has 0 bridgehead atoms. The Balaban J connectivity index is 1.82. The maximum absolute atomic E-state index is 12.5. The van der Waals surface area contributed by atoms with E-state index in [4.69, 9.17) is 0 Å². The van der Waals surface area contributed by atoms with Crippen LogP contribution in [-0.4, -0.2) is 16.7 Å². The van der Waals surface area contributed by atoms with Gasteiger partial charge in [0, 0.05) is 11.6 Å². The predicted octanol–water partition coefficient (Wildman–Crippen LogP) is 4.72. The van der Waals surface area contributed by atoms with Crippen molar-refractivity contribution in [3.8, 4) is 5.75 Å². The number of phenols is 1. The Morgan fingerprint density at radius 2 is 1.88 bits per heavy atom. The molecule has 0 aromatic heterocycles. The van der Waals surface area contributed by atoms with E-state index in [-0.39, 0.29) is 17.2 Å². The molecule has 4 heteroatoms. The molecule has 1 amide bonds. The third-order valence-electron chi connectivity index (χ3n) is 5.17. The van der Waals surface area contributed by atoms with Gasteiger partial charge < -0.3 is 5.11 Å². The molecule has 2 N–H and O–H groups in total. The van der Waals surface area contributed by atoms with Gasteiger partial charge in [-0.15, -0.1) is 0 Å². The second-order valence-electron chi connectivity index (χ2n) is 7.50. The van der Waals surface area contributed by atoms with Gasteiger partial charge in [-0.3, -0.25) is 4.79 Å². The summed E-state index contributed by atoms with van der Waals surface area (Å²) in [4.78, 5) is 12.5. The lowest BCUT2D eigenvalue weighted by Crippen LogP contribution is -2.31. The Morgan fingerprint density at radius 1 is 1.20 bits per heavy atom. The minimum Gasteiger partial charge on any atom is -0.507 e. The van der Waals surface area contributed by atoms with Gasteiger partial charge >= 0.3 is 0 Å². The van der Waals surface area contributed by atoms with Crippen molar-refractivity contribution in [2.45, 2.75) is 40.0 Å². The fourth-order valence-corrected chi connectivity index (χ4v) is 3.68. The summed E-state index contributed by atoms with van der Waals surface area (Å²) in [7, 11) is 0. The van der Waals surface area contributed by atoms with E-state index in [1.54, 1.807) is 12.1 Å². The van der Waals surface area contributed by atoms with Crippen molar-refractivity contribution >= 4 is 22.4 Å². The lowest BCUT2D eigenvalue weighted by molar-refractivity contribution is 0.0951. The first kappa shape index (κ1) is 17.5. The van der Waals surface area contributed by atoms with E-state index in [0.717, 1.165) is 29.3 Å². The van der Waals surface area contributed by atoms with Gasteiger partial charge in [0.1, 0.15) is 5.75 Å². The molecule has 2 aromatic rings. The number of nitrogens with one attached hydrogen (secondary N) is 1. The zero-order valence-electron chi connectivity index (χ0n) is 15.1. The number of nitrogens with zero attached hydrogens (tertiary/aromatic N) is 1.